The molecule has 1 N–H and O–H groups in total. The number of methoxy groups -OCH3 is 1. The van der Waals surface area contributed by atoms with E-state index in [4.69, 9.17) is 9.72 Å². The molecule has 1 amide bonds. The van der Waals surface area contributed by atoms with Crippen molar-refractivity contribution in [3.8, 4) is 5.75 Å². The van der Waals surface area contributed by atoms with Crippen molar-refractivity contribution in [3.63, 3.8) is 0 Å². The third-order valence-electron chi connectivity index (χ3n) is 6.06. The fourth-order valence-corrected chi connectivity index (χ4v) is 4.33. The summed E-state index contributed by atoms with van der Waals surface area (Å²) in [5.74, 6) is 3.22. The molecule has 2 heterocycles. The van der Waals surface area contributed by atoms with Gasteiger partial charge in [-0.2, -0.15) is 4.98 Å². The molecule has 0 unspecified atom stereocenters. The van der Waals surface area contributed by atoms with Gasteiger partial charge in [0.2, 0.25) is 11.9 Å². The first-order valence-corrected chi connectivity index (χ1v) is 10.9. The summed E-state index contributed by atoms with van der Waals surface area (Å²) in [5, 5.41) is 3.35. The van der Waals surface area contributed by atoms with Crippen LogP contribution in [0.15, 0.2) is 30.3 Å². The Kier molecular flexibility index (Phi) is 6.35. The van der Waals surface area contributed by atoms with Crippen LogP contribution in [0.3, 0.4) is 0 Å². The van der Waals surface area contributed by atoms with Gasteiger partial charge < -0.3 is 19.9 Å². The van der Waals surface area contributed by atoms with Crippen molar-refractivity contribution >= 4 is 23.4 Å². The summed E-state index contributed by atoms with van der Waals surface area (Å²) in [6, 6.07) is 9.70. The third-order valence-corrected chi connectivity index (χ3v) is 6.06. The number of rotatable bonds is 6. The van der Waals surface area contributed by atoms with E-state index in [0.717, 1.165) is 55.5 Å². The molecule has 1 aromatic carbocycles. The molecule has 7 nitrogen and oxygen atoms in total. The topological polar surface area (TPSA) is 70.6 Å². The Bertz CT molecular complexity index is 856. The van der Waals surface area contributed by atoms with E-state index in [0.29, 0.717) is 17.8 Å². The Morgan fingerprint density at radius 1 is 1.10 bits per heavy atom. The van der Waals surface area contributed by atoms with Gasteiger partial charge in [-0.25, -0.2) is 4.98 Å². The lowest BCUT2D eigenvalue weighted by Crippen LogP contribution is -2.49. The van der Waals surface area contributed by atoms with Gasteiger partial charge >= 0.3 is 0 Å². The summed E-state index contributed by atoms with van der Waals surface area (Å²) >= 11 is 0. The molecule has 1 saturated heterocycles. The number of carbonyl (C=O) groups excluding carboxylic acids is 1. The van der Waals surface area contributed by atoms with E-state index in [9.17, 15) is 4.79 Å². The highest BCUT2D eigenvalue weighted by atomic mass is 16.5. The smallest absolute Gasteiger partial charge is 0.227 e. The largest absolute Gasteiger partial charge is 0.497 e. The third kappa shape index (κ3) is 5.01. The van der Waals surface area contributed by atoms with E-state index >= 15 is 0 Å². The first kappa shape index (κ1) is 20.4. The average Bonchev–Trinajstić information content (AvgIpc) is 3.27. The molecule has 1 saturated carbocycles. The fourth-order valence-electron chi connectivity index (χ4n) is 4.33. The number of nitrogens with zero attached hydrogens (tertiary/aromatic N) is 4. The number of nitrogens with one attached hydrogen (secondary N) is 1. The van der Waals surface area contributed by atoms with Crippen LogP contribution in [0.5, 0.6) is 5.75 Å². The Hall–Kier alpha value is -2.83. The quantitative estimate of drug-likeness (QED) is 0.783. The molecule has 1 aliphatic carbocycles. The molecule has 2 fully saturated rings. The van der Waals surface area contributed by atoms with E-state index < -0.39 is 0 Å². The van der Waals surface area contributed by atoms with Crippen LogP contribution < -0.4 is 15.0 Å². The lowest BCUT2D eigenvalue weighted by molar-refractivity contribution is -0.132. The maximum atomic E-state index is 12.6. The Labute approximate surface area is 178 Å². The van der Waals surface area contributed by atoms with Crippen molar-refractivity contribution < 1.29 is 9.53 Å². The number of ether oxygens (including phenoxy) is 1. The second kappa shape index (κ2) is 9.32. The first-order valence-electron chi connectivity index (χ1n) is 10.9. The van der Waals surface area contributed by atoms with Crippen LogP contribution in [0.1, 0.15) is 37.8 Å². The van der Waals surface area contributed by atoms with Gasteiger partial charge in [0.15, 0.2) is 0 Å². The highest BCUT2D eigenvalue weighted by Gasteiger charge is 2.26. The van der Waals surface area contributed by atoms with Crippen molar-refractivity contribution in [1.29, 1.82) is 0 Å². The standard InChI is InChI=1S/C23H31N5O2/c1-17-15-21(25-19-7-9-20(30-2)10-8-19)26-23(24-17)28-13-11-27(12-14-28)22(29)16-18-5-3-4-6-18/h7-10,15,18H,3-6,11-14,16H2,1-2H3,(H,24,25,26). The van der Waals surface area contributed by atoms with Crippen LogP contribution in [0.2, 0.25) is 0 Å². The number of piperazine rings is 1. The van der Waals surface area contributed by atoms with E-state index in [1.54, 1.807) is 7.11 Å². The zero-order valence-electron chi connectivity index (χ0n) is 17.9. The zero-order valence-corrected chi connectivity index (χ0v) is 17.9. The molecule has 2 aromatic rings. The maximum Gasteiger partial charge on any atom is 0.227 e. The van der Waals surface area contributed by atoms with E-state index in [-0.39, 0.29) is 0 Å². The summed E-state index contributed by atoms with van der Waals surface area (Å²) in [6.07, 6.45) is 5.71. The predicted octanol–water partition coefficient (Wildman–Crippen LogP) is 3.77. The molecular weight excluding hydrogens is 378 g/mol. The number of hydrogen-bond donors (Lipinski definition) is 1. The number of carbonyl (C=O) groups is 1. The van der Waals surface area contributed by atoms with Crippen molar-refractivity contribution in [2.45, 2.75) is 39.0 Å². The summed E-state index contributed by atoms with van der Waals surface area (Å²) < 4.78 is 5.21. The molecule has 0 spiro atoms. The second-order valence-corrected chi connectivity index (χ2v) is 8.27. The fraction of sp³-hybridized carbons (Fsp3) is 0.522. The van der Waals surface area contributed by atoms with Gasteiger partial charge in [0.1, 0.15) is 11.6 Å². The van der Waals surface area contributed by atoms with Gasteiger partial charge in [-0.05, 0) is 49.9 Å². The number of hydrogen-bond acceptors (Lipinski definition) is 6. The molecule has 0 bridgehead atoms. The molecule has 0 atom stereocenters. The van der Waals surface area contributed by atoms with E-state index in [1.807, 2.05) is 42.2 Å². The van der Waals surface area contributed by atoms with Crippen LogP contribution in [-0.4, -0.2) is 54.1 Å². The number of benzene rings is 1. The minimum Gasteiger partial charge on any atom is -0.497 e. The molecule has 160 valence electrons. The Morgan fingerprint density at radius 2 is 1.80 bits per heavy atom. The molecule has 0 radical (unpaired) electrons. The summed E-state index contributed by atoms with van der Waals surface area (Å²) in [6.45, 7) is 4.99. The lowest BCUT2D eigenvalue weighted by atomic mass is 10.0. The van der Waals surface area contributed by atoms with E-state index in [2.05, 4.69) is 15.2 Å². The highest BCUT2D eigenvalue weighted by molar-refractivity contribution is 5.76. The first-order chi connectivity index (χ1) is 14.6. The van der Waals surface area contributed by atoms with Crippen LogP contribution in [0.4, 0.5) is 17.5 Å². The summed E-state index contributed by atoms with van der Waals surface area (Å²) in [7, 11) is 1.66. The van der Waals surface area contributed by atoms with Crippen molar-refractivity contribution in [3.05, 3.63) is 36.0 Å². The number of aromatic nitrogens is 2. The normalized spacial score (nSPS) is 17.3. The molecule has 2 aliphatic rings. The van der Waals surface area contributed by atoms with Gasteiger partial charge in [0, 0.05) is 50.0 Å². The van der Waals surface area contributed by atoms with Gasteiger partial charge in [-0.15, -0.1) is 0 Å². The van der Waals surface area contributed by atoms with Gasteiger partial charge in [0.25, 0.3) is 0 Å². The molecule has 30 heavy (non-hydrogen) atoms. The maximum absolute atomic E-state index is 12.6. The zero-order chi connectivity index (χ0) is 20.9. The van der Waals surface area contributed by atoms with Crippen LogP contribution in [-0.2, 0) is 4.79 Å². The van der Waals surface area contributed by atoms with Crippen molar-refractivity contribution in [2.75, 3.05) is 43.5 Å². The van der Waals surface area contributed by atoms with Crippen molar-refractivity contribution in [2.24, 2.45) is 5.92 Å². The van der Waals surface area contributed by atoms with Gasteiger partial charge in [0.05, 0.1) is 7.11 Å². The lowest BCUT2D eigenvalue weighted by Gasteiger charge is -2.35. The van der Waals surface area contributed by atoms with Crippen LogP contribution >= 0.6 is 0 Å². The number of amides is 1. The van der Waals surface area contributed by atoms with E-state index in [1.165, 1.54) is 25.7 Å². The summed E-state index contributed by atoms with van der Waals surface area (Å²) in [5.41, 5.74) is 1.86. The number of aryl methyl sites for hydroxylation is 1. The highest BCUT2D eigenvalue weighted by Crippen LogP contribution is 2.28. The predicted molar refractivity (Wildman–Crippen MR) is 118 cm³/mol. The Balaban J connectivity index is 1.36. The van der Waals surface area contributed by atoms with Crippen LogP contribution in [0.25, 0.3) is 0 Å². The Morgan fingerprint density at radius 3 is 2.47 bits per heavy atom. The molecule has 1 aliphatic heterocycles. The molecule has 7 heteroatoms. The SMILES string of the molecule is COc1ccc(Nc2cc(C)nc(N3CCN(C(=O)CC4CCCC4)CC3)n2)cc1. The number of anilines is 3. The van der Waals surface area contributed by atoms with Crippen LogP contribution in [0, 0.1) is 12.8 Å². The second-order valence-electron chi connectivity index (χ2n) is 8.27. The average molecular weight is 410 g/mol. The summed E-state index contributed by atoms with van der Waals surface area (Å²) in [4.78, 5) is 26.1. The minimum absolute atomic E-state index is 0.313. The van der Waals surface area contributed by atoms with Gasteiger partial charge in [-0.3, -0.25) is 4.79 Å². The molecule has 4 rings (SSSR count). The monoisotopic (exact) mass is 409 g/mol. The molecular formula is C23H31N5O2. The minimum atomic E-state index is 0.313. The van der Waals surface area contributed by atoms with Gasteiger partial charge in [-0.1, -0.05) is 12.8 Å². The van der Waals surface area contributed by atoms with Crippen molar-refractivity contribution in [1.82, 2.24) is 14.9 Å². The molecule has 1 aromatic heterocycles.